The lowest BCUT2D eigenvalue weighted by Gasteiger charge is -2.23. The normalized spacial score (nSPS) is 27.7. The Hall–Kier alpha value is -3.23. The molecular weight excluding hydrogens is 625 g/mol. The van der Waals surface area contributed by atoms with Crippen LogP contribution < -0.4 is 11.1 Å². The molecule has 232 valence electrons. The van der Waals surface area contributed by atoms with Gasteiger partial charge in [0.2, 0.25) is 0 Å². The van der Waals surface area contributed by atoms with E-state index in [1.807, 2.05) is 0 Å². The number of rotatable bonds is 10. The standard InChI is InChI=1S/C20H23FN8O12P2/c21-12-15(10(4-37-42(32,33)34)40-20(12)29-8-27-14-17(29)23-6-25-19(14)31)41-43(35,36)38-3-9-1-2-11(39-9)28-7-26-13-16(28)22-5-24-18(13)30/h5-12,15,20H,1-4H2,(H,35,36)(H,22,24,30)(H,23,25,31)(H2,32,33,34)/t9?,10?,11?,12-,15-,20+/m1/s1. The second-order valence-electron chi connectivity index (χ2n) is 9.53. The number of aromatic amines is 2. The number of phosphoric acid groups is 2. The third-order valence-electron chi connectivity index (χ3n) is 6.75. The Kier molecular flexibility index (Phi) is 7.88. The van der Waals surface area contributed by atoms with Gasteiger partial charge < -0.3 is 34.1 Å². The molecule has 4 unspecified atom stereocenters. The van der Waals surface area contributed by atoms with Crippen molar-refractivity contribution in [1.82, 2.24) is 39.0 Å². The zero-order valence-corrected chi connectivity index (χ0v) is 23.4. The van der Waals surface area contributed by atoms with E-state index >= 15 is 4.39 Å². The van der Waals surface area contributed by atoms with Crippen molar-refractivity contribution in [2.24, 2.45) is 0 Å². The SMILES string of the molecule is O=c1[nH]cnc2c1ncn2C1CCC(COP(=O)(O)O[C@@H]2C(COP(=O)(O)O)O[C@H](n3cnc4c(=O)[nH]cnc43)[C@@H]2F)O1. The summed E-state index contributed by atoms with van der Waals surface area (Å²) in [5.41, 5.74) is -0.899. The van der Waals surface area contributed by atoms with Crippen molar-refractivity contribution in [2.75, 3.05) is 13.2 Å². The van der Waals surface area contributed by atoms with E-state index in [1.54, 1.807) is 0 Å². The van der Waals surface area contributed by atoms with Gasteiger partial charge >= 0.3 is 15.6 Å². The minimum Gasteiger partial charge on any atom is -0.352 e. The first-order valence-corrected chi connectivity index (χ1v) is 15.5. The highest BCUT2D eigenvalue weighted by Gasteiger charge is 2.51. The van der Waals surface area contributed by atoms with E-state index in [9.17, 15) is 23.6 Å². The molecule has 2 saturated heterocycles. The Morgan fingerprint density at radius 2 is 1.53 bits per heavy atom. The first kappa shape index (κ1) is 29.8. The average Bonchev–Trinajstić information content (AvgIpc) is 3.73. The Labute approximate surface area is 237 Å². The fourth-order valence-corrected chi connectivity index (χ4v) is 6.16. The number of nitrogens with one attached hydrogen (secondary N) is 2. The predicted molar refractivity (Wildman–Crippen MR) is 137 cm³/mol. The van der Waals surface area contributed by atoms with Gasteiger partial charge in [0.1, 0.15) is 18.4 Å². The Morgan fingerprint density at radius 3 is 2.19 bits per heavy atom. The van der Waals surface area contributed by atoms with Crippen LogP contribution in [0.15, 0.2) is 34.9 Å². The Bertz CT molecular complexity index is 1860. The van der Waals surface area contributed by atoms with Crippen LogP contribution in [0.2, 0.25) is 0 Å². The van der Waals surface area contributed by atoms with Crippen molar-refractivity contribution in [3.63, 3.8) is 0 Å². The molecule has 0 spiro atoms. The number of hydrogen-bond donors (Lipinski definition) is 5. The molecule has 2 aliphatic heterocycles. The van der Waals surface area contributed by atoms with Crippen LogP contribution in [0, 0.1) is 0 Å². The zero-order valence-electron chi connectivity index (χ0n) is 21.6. The topological polar surface area (TPSA) is 268 Å². The molecule has 6 rings (SSSR count). The van der Waals surface area contributed by atoms with E-state index in [2.05, 4.69) is 34.4 Å². The van der Waals surface area contributed by atoms with Crippen molar-refractivity contribution in [2.45, 2.75) is 49.8 Å². The molecule has 4 aromatic rings. The van der Waals surface area contributed by atoms with Gasteiger partial charge in [-0.25, -0.2) is 33.5 Å². The lowest BCUT2D eigenvalue weighted by Crippen LogP contribution is -2.34. The van der Waals surface area contributed by atoms with Gasteiger partial charge in [0, 0.05) is 0 Å². The number of nitrogens with zero attached hydrogens (tertiary/aromatic N) is 6. The largest absolute Gasteiger partial charge is 0.472 e. The Morgan fingerprint density at radius 1 is 0.907 bits per heavy atom. The maximum absolute atomic E-state index is 15.7. The summed E-state index contributed by atoms with van der Waals surface area (Å²) < 4.78 is 68.5. The van der Waals surface area contributed by atoms with Crippen molar-refractivity contribution in [1.29, 1.82) is 0 Å². The van der Waals surface area contributed by atoms with E-state index in [-0.39, 0.29) is 22.3 Å². The summed E-state index contributed by atoms with van der Waals surface area (Å²) in [6, 6.07) is 0. The summed E-state index contributed by atoms with van der Waals surface area (Å²) in [6.45, 7) is -1.39. The molecule has 0 bridgehead atoms. The van der Waals surface area contributed by atoms with Gasteiger partial charge in [-0.2, -0.15) is 0 Å². The van der Waals surface area contributed by atoms with Crippen LogP contribution in [0.1, 0.15) is 25.3 Å². The quantitative estimate of drug-likeness (QED) is 0.139. The van der Waals surface area contributed by atoms with Crippen LogP contribution in [-0.2, 0) is 32.2 Å². The summed E-state index contributed by atoms with van der Waals surface area (Å²) in [5, 5.41) is 0. The van der Waals surface area contributed by atoms with Crippen LogP contribution in [0.5, 0.6) is 0 Å². The minimum absolute atomic E-state index is 0.0893. The summed E-state index contributed by atoms with van der Waals surface area (Å²) in [7, 11) is -10.1. The molecule has 0 amide bonds. The van der Waals surface area contributed by atoms with E-state index in [0.717, 1.165) is 17.2 Å². The van der Waals surface area contributed by atoms with Crippen LogP contribution in [0.4, 0.5) is 4.39 Å². The number of hydrogen-bond acceptors (Lipinski definition) is 13. The summed E-state index contributed by atoms with van der Waals surface area (Å²) in [5.74, 6) is 0. The Balaban J connectivity index is 1.14. The number of ether oxygens (including phenoxy) is 2. The maximum Gasteiger partial charge on any atom is 0.472 e. The van der Waals surface area contributed by atoms with Gasteiger partial charge in [0.05, 0.1) is 44.6 Å². The third kappa shape index (κ3) is 6.09. The van der Waals surface area contributed by atoms with Gasteiger partial charge in [-0.1, -0.05) is 0 Å². The number of alkyl halides is 1. The van der Waals surface area contributed by atoms with Gasteiger partial charge in [-0.05, 0) is 12.8 Å². The van der Waals surface area contributed by atoms with E-state index in [4.69, 9.17) is 28.3 Å². The highest BCUT2D eigenvalue weighted by atomic mass is 31.2. The average molecular weight is 648 g/mol. The molecule has 4 aromatic heterocycles. The molecule has 0 saturated carbocycles. The summed E-state index contributed by atoms with van der Waals surface area (Å²) in [6.07, 6.45) is -3.26. The van der Waals surface area contributed by atoms with E-state index in [0.29, 0.717) is 12.8 Å². The molecule has 2 fully saturated rings. The van der Waals surface area contributed by atoms with E-state index < -0.39 is 76.9 Å². The maximum atomic E-state index is 15.7. The second-order valence-corrected chi connectivity index (χ2v) is 12.2. The highest BCUT2D eigenvalue weighted by Crippen LogP contribution is 2.50. The van der Waals surface area contributed by atoms with Gasteiger partial charge in [-0.15, -0.1) is 0 Å². The number of fused-ring (bicyclic) bond motifs is 2. The molecule has 23 heteroatoms. The first-order valence-electron chi connectivity index (χ1n) is 12.5. The number of aromatic nitrogens is 8. The number of halogens is 1. The molecule has 0 radical (unpaired) electrons. The monoisotopic (exact) mass is 648 g/mol. The van der Waals surface area contributed by atoms with Crippen molar-refractivity contribution in [3.8, 4) is 0 Å². The van der Waals surface area contributed by atoms with Crippen molar-refractivity contribution in [3.05, 3.63) is 46.0 Å². The molecule has 0 aromatic carbocycles. The summed E-state index contributed by atoms with van der Waals surface area (Å²) >= 11 is 0. The van der Waals surface area contributed by atoms with Gasteiger partial charge in [0.25, 0.3) is 11.1 Å². The van der Waals surface area contributed by atoms with Crippen LogP contribution in [-0.4, -0.2) is 91.4 Å². The molecule has 20 nitrogen and oxygen atoms in total. The van der Waals surface area contributed by atoms with Crippen LogP contribution >= 0.6 is 15.6 Å². The summed E-state index contributed by atoms with van der Waals surface area (Å²) in [4.78, 5) is 73.3. The fourth-order valence-electron chi connectivity index (χ4n) is 4.85. The fraction of sp³-hybridized carbons (Fsp3) is 0.500. The molecule has 7 atom stereocenters. The molecule has 43 heavy (non-hydrogen) atoms. The number of H-pyrrole nitrogens is 2. The van der Waals surface area contributed by atoms with E-state index in [1.165, 1.54) is 17.2 Å². The van der Waals surface area contributed by atoms with Crippen molar-refractivity contribution < 1.29 is 51.2 Å². The molecular formula is C20H23FN8O12P2. The van der Waals surface area contributed by atoms with Crippen molar-refractivity contribution >= 4 is 38.0 Å². The minimum atomic E-state index is -5.06. The lowest BCUT2D eigenvalue weighted by atomic mass is 10.1. The smallest absolute Gasteiger partial charge is 0.352 e. The van der Waals surface area contributed by atoms with Crippen LogP contribution in [0.25, 0.3) is 22.3 Å². The lowest BCUT2D eigenvalue weighted by molar-refractivity contribution is -0.0486. The first-order chi connectivity index (χ1) is 20.4. The molecule has 2 aliphatic rings. The predicted octanol–water partition coefficient (Wildman–Crippen LogP) is -0.223. The second kappa shape index (κ2) is 11.4. The third-order valence-corrected chi connectivity index (χ3v) is 8.22. The van der Waals surface area contributed by atoms with Gasteiger partial charge in [-0.3, -0.25) is 32.3 Å². The van der Waals surface area contributed by atoms with Crippen LogP contribution in [0.3, 0.4) is 0 Å². The molecule has 5 N–H and O–H groups in total. The number of imidazole rings is 2. The molecule has 6 heterocycles. The van der Waals surface area contributed by atoms with Gasteiger partial charge in [0.15, 0.2) is 34.7 Å². The number of phosphoric ester groups is 2. The zero-order chi connectivity index (χ0) is 30.5. The highest BCUT2D eigenvalue weighted by molar-refractivity contribution is 7.47. The molecule has 0 aliphatic carbocycles.